The van der Waals surface area contributed by atoms with Crippen molar-refractivity contribution >= 4 is 0 Å². The maximum atomic E-state index is 6.36. The molecule has 2 aliphatic rings. The van der Waals surface area contributed by atoms with Crippen LogP contribution in [0.3, 0.4) is 0 Å². The van der Waals surface area contributed by atoms with Crippen LogP contribution < -0.4 is 0 Å². The van der Waals surface area contributed by atoms with Crippen molar-refractivity contribution in [2.45, 2.75) is 71.7 Å². The van der Waals surface area contributed by atoms with E-state index in [1.807, 2.05) is 0 Å². The number of rotatable bonds is 9. The molecule has 1 aliphatic carbocycles. The third-order valence-electron chi connectivity index (χ3n) is 5.93. The number of hydrogen-bond donors (Lipinski definition) is 0. The van der Waals surface area contributed by atoms with Crippen molar-refractivity contribution in [2.75, 3.05) is 40.0 Å². The molecule has 4 heteroatoms. The number of likely N-dealkylation sites (N-methyl/N-ethyl adjacent to an activating group) is 1. The van der Waals surface area contributed by atoms with Crippen molar-refractivity contribution in [3.8, 4) is 0 Å². The SMILES string of the molecule is CCN(CCOC)CCC1COC2(CC=C(C(C)(C)CC)CC2)O1. The highest BCUT2D eigenvalue weighted by Crippen LogP contribution is 2.43. The molecular weight excluding hydrogens is 302 g/mol. The second-order valence-corrected chi connectivity index (χ2v) is 7.85. The smallest absolute Gasteiger partial charge is 0.172 e. The fourth-order valence-corrected chi connectivity index (χ4v) is 3.62. The molecule has 2 unspecified atom stereocenters. The number of methoxy groups -OCH3 is 1. The van der Waals surface area contributed by atoms with Gasteiger partial charge in [-0.1, -0.05) is 39.3 Å². The van der Waals surface area contributed by atoms with Crippen molar-refractivity contribution < 1.29 is 14.2 Å². The minimum atomic E-state index is -0.346. The molecule has 1 spiro atoms. The molecule has 0 aromatic carbocycles. The third kappa shape index (κ3) is 5.04. The van der Waals surface area contributed by atoms with Crippen LogP contribution in [0.5, 0.6) is 0 Å². The van der Waals surface area contributed by atoms with Crippen LogP contribution >= 0.6 is 0 Å². The van der Waals surface area contributed by atoms with E-state index >= 15 is 0 Å². The van der Waals surface area contributed by atoms with Crippen molar-refractivity contribution in [1.29, 1.82) is 0 Å². The first-order valence-corrected chi connectivity index (χ1v) is 9.67. The Balaban J connectivity index is 1.81. The highest BCUT2D eigenvalue weighted by Gasteiger charge is 2.43. The lowest BCUT2D eigenvalue weighted by Crippen LogP contribution is -2.35. The molecule has 1 aliphatic heterocycles. The van der Waals surface area contributed by atoms with E-state index in [1.54, 1.807) is 12.7 Å². The summed E-state index contributed by atoms with van der Waals surface area (Å²) in [5, 5.41) is 0. The molecular formula is C20H37NO3. The van der Waals surface area contributed by atoms with E-state index in [2.05, 4.69) is 38.7 Å². The normalized spacial score (nSPS) is 27.9. The van der Waals surface area contributed by atoms with Gasteiger partial charge in [-0.25, -0.2) is 0 Å². The average molecular weight is 340 g/mol. The molecule has 1 fully saturated rings. The summed E-state index contributed by atoms with van der Waals surface area (Å²) < 4.78 is 17.7. The largest absolute Gasteiger partial charge is 0.383 e. The van der Waals surface area contributed by atoms with Crippen LogP contribution in [0.4, 0.5) is 0 Å². The van der Waals surface area contributed by atoms with Gasteiger partial charge in [0.05, 0.1) is 19.3 Å². The molecule has 0 aromatic heterocycles. The van der Waals surface area contributed by atoms with Gasteiger partial charge < -0.3 is 19.1 Å². The molecule has 0 saturated carbocycles. The molecule has 2 atom stereocenters. The summed E-state index contributed by atoms with van der Waals surface area (Å²) in [6.45, 7) is 13.8. The molecule has 0 N–H and O–H groups in total. The third-order valence-corrected chi connectivity index (χ3v) is 5.93. The predicted octanol–water partition coefficient (Wildman–Crippen LogP) is 4.00. The van der Waals surface area contributed by atoms with Crippen LogP contribution in [-0.4, -0.2) is 56.7 Å². The first kappa shape index (κ1) is 19.9. The lowest BCUT2D eigenvalue weighted by atomic mass is 9.75. The van der Waals surface area contributed by atoms with Gasteiger partial charge in [0.25, 0.3) is 0 Å². The standard InChI is InChI=1S/C20H37NO3/c1-6-19(3,4)17-8-11-20(12-9-17)23-16-18(24-20)10-13-21(7-2)14-15-22-5/h8,18H,6-7,9-16H2,1-5H3. The summed E-state index contributed by atoms with van der Waals surface area (Å²) in [7, 11) is 1.76. The Morgan fingerprint density at radius 2 is 2.12 bits per heavy atom. The van der Waals surface area contributed by atoms with Crippen molar-refractivity contribution in [3.05, 3.63) is 11.6 Å². The van der Waals surface area contributed by atoms with Crippen LogP contribution in [-0.2, 0) is 14.2 Å². The van der Waals surface area contributed by atoms with Gasteiger partial charge in [-0.05, 0) is 31.2 Å². The van der Waals surface area contributed by atoms with E-state index in [9.17, 15) is 0 Å². The van der Waals surface area contributed by atoms with Gasteiger partial charge in [0, 0.05) is 33.0 Å². The van der Waals surface area contributed by atoms with E-state index in [1.165, 1.54) is 6.42 Å². The molecule has 1 saturated heterocycles. The Morgan fingerprint density at radius 1 is 1.33 bits per heavy atom. The topological polar surface area (TPSA) is 30.9 Å². The minimum Gasteiger partial charge on any atom is -0.383 e. The van der Waals surface area contributed by atoms with Crippen LogP contribution in [0, 0.1) is 5.41 Å². The highest BCUT2D eigenvalue weighted by atomic mass is 16.7. The molecule has 2 rings (SSSR count). The van der Waals surface area contributed by atoms with Crippen molar-refractivity contribution in [1.82, 2.24) is 4.90 Å². The summed E-state index contributed by atoms with van der Waals surface area (Å²) in [5.41, 5.74) is 1.88. The van der Waals surface area contributed by atoms with E-state index in [4.69, 9.17) is 14.2 Å². The second-order valence-electron chi connectivity index (χ2n) is 7.85. The van der Waals surface area contributed by atoms with E-state index in [0.29, 0.717) is 5.41 Å². The first-order valence-electron chi connectivity index (χ1n) is 9.67. The van der Waals surface area contributed by atoms with Gasteiger partial charge >= 0.3 is 0 Å². The lowest BCUT2D eigenvalue weighted by molar-refractivity contribution is -0.174. The Kier molecular flexibility index (Phi) is 7.29. The summed E-state index contributed by atoms with van der Waals surface area (Å²) in [6, 6.07) is 0. The summed E-state index contributed by atoms with van der Waals surface area (Å²) in [6.07, 6.45) is 7.84. The van der Waals surface area contributed by atoms with Gasteiger partial charge in [0.1, 0.15) is 0 Å². The van der Waals surface area contributed by atoms with Crippen LogP contribution in [0.25, 0.3) is 0 Å². The molecule has 0 amide bonds. The molecule has 0 radical (unpaired) electrons. The van der Waals surface area contributed by atoms with Crippen LogP contribution in [0.2, 0.25) is 0 Å². The Labute approximate surface area is 148 Å². The fraction of sp³-hybridized carbons (Fsp3) is 0.900. The Morgan fingerprint density at radius 3 is 2.71 bits per heavy atom. The van der Waals surface area contributed by atoms with Gasteiger partial charge in [-0.15, -0.1) is 0 Å². The van der Waals surface area contributed by atoms with Crippen molar-refractivity contribution in [3.63, 3.8) is 0 Å². The number of hydrogen-bond acceptors (Lipinski definition) is 4. The summed E-state index contributed by atoms with van der Waals surface area (Å²) >= 11 is 0. The van der Waals surface area contributed by atoms with E-state index in [0.717, 1.165) is 58.5 Å². The van der Waals surface area contributed by atoms with Gasteiger partial charge in [0.2, 0.25) is 0 Å². The number of ether oxygens (including phenoxy) is 3. The average Bonchev–Trinajstić information content (AvgIpc) is 2.98. The maximum absolute atomic E-state index is 6.36. The summed E-state index contributed by atoms with van der Waals surface area (Å²) in [5.74, 6) is -0.346. The van der Waals surface area contributed by atoms with Crippen molar-refractivity contribution in [2.24, 2.45) is 5.41 Å². The maximum Gasteiger partial charge on any atom is 0.172 e. The Bertz CT molecular complexity index is 421. The van der Waals surface area contributed by atoms with E-state index in [-0.39, 0.29) is 11.9 Å². The summed E-state index contributed by atoms with van der Waals surface area (Å²) in [4.78, 5) is 2.42. The quantitative estimate of drug-likeness (QED) is 0.594. The van der Waals surface area contributed by atoms with Gasteiger partial charge in [-0.3, -0.25) is 0 Å². The lowest BCUT2D eigenvalue weighted by Gasteiger charge is -2.36. The first-order chi connectivity index (χ1) is 11.4. The molecule has 24 heavy (non-hydrogen) atoms. The monoisotopic (exact) mass is 339 g/mol. The predicted molar refractivity (Wildman–Crippen MR) is 98.2 cm³/mol. The zero-order valence-corrected chi connectivity index (χ0v) is 16.4. The Hall–Kier alpha value is -0.420. The molecule has 1 heterocycles. The highest BCUT2D eigenvalue weighted by molar-refractivity contribution is 5.17. The molecule has 0 bridgehead atoms. The molecule has 0 aromatic rings. The van der Waals surface area contributed by atoms with Crippen LogP contribution in [0.1, 0.15) is 59.8 Å². The molecule has 140 valence electrons. The van der Waals surface area contributed by atoms with Crippen LogP contribution in [0.15, 0.2) is 11.6 Å². The van der Waals surface area contributed by atoms with Gasteiger partial charge in [0.15, 0.2) is 5.79 Å². The molecule has 4 nitrogen and oxygen atoms in total. The number of nitrogens with zero attached hydrogens (tertiary/aromatic N) is 1. The second kappa shape index (κ2) is 8.79. The zero-order valence-electron chi connectivity index (χ0n) is 16.4. The van der Waals surface area contributed by atoms with E-state index < -0.39 is 0 Å². The minimum absolute atomic E-state index is 0.232. The number of allylic oxidation sites excluding steroid dienone is 1. The fourth-order valence-electron chi connectivity index (χ4n) is 3.62. The van der Waals surface area contributed by atoms with Gasteiger partial charge in [-0.2, -0.15) is 0 Å². The zero-order chi connectivity index (χ0) is 17.6.